The summed E-state index contributed by atoms with van der Waals surface area (Å²) in [6, 6.07) is 5.83. The Morgan fingerprint density at radius 1 is 1.39 bits per heavy atom. The lowest BCUT2D eigenvalue weighted by Gasteiger charge is -2.09. The summed E-state index contributed by atoms with van der Waals surface area (Å²) < 4.78 is 7.28. The van der Waals surface area contributed by atoms with Gasteiger partial charge in [0.05, 0.1) is 18.1 Å². The third kappa shape index (κ3) is 2.48. The fraction of sp³-hybridized carbons (Fsp3) is 0.500. The lowest BCUT2D eigenvalue weighted by Crippen LogP contribution is -2.06. The van der Waals surface area contributed by atoms with E-state index >= 15 is 0 Å². The zero-order valence-corrected chi connectivity index (χ0v) is 11.2. The number of aliphatic hydroxyl groups excluding tert-OH is 1. The predicted octanol–water partition coefficient (Wildman–Crippen LogP) is 2.58. The van der Waals surface area contributed by atoms with Crippen LogP contribution in [-0.2, 0) is 13.2 Å². The van der Waals surface area contributed by atoms with Crippen LogP contribution >= 0.6 is 0 Å². The number of fused-ring (bicyclic) bond motifs is 1. The fourth-order valence-electron chi connectivity index (χ4n) is 2.04. The maximum Gasteiger partial charge on any atom is 0.135 e. The molecule has 98 valence electrons. The highest BCUT2D eigenvalue weighted by atomic mass is 16.5. The van der Waals surface area contributed by atoms with E-state index in [9.17, 15) is 5.11 Å². The Morgan fingerprint density at radius 2 is 2.17 bits per heavy atom. The van der Waals surface area contributed by atoms with Crippen molar-refractivity contribution in [1.82, 2.24) is 9.55 Å². The van der Waals surface area contributed by atoms with Gasteiger partial charge < -0.3 is 14.4 Å². The van der Waals surface area contributed by atoms with Gasteiger partial charge in [0, 0.05) is 12.6 Å². The second kappa shape index (κ2) is 5.40. The molecule has 2 aromatic rings. The molecule has 18 heavy (non-hydrogen) atoms. The van der Waals surface area contributed by atoms with Crippen molar-refractivity contribution in [2.24, 2.45) is 5.92 Å². The number of nitrogens with zero attached hydrogens (tertiary/aromatic N) is 2. The molecule has 1 aromatic heterocycles. The van der Waals surface area contributed by atoms with Crippen LogP contribution < -0.4 is 4.74 Å². The molecule has 1 heterocycles. The van der Waals surface area contributed by atoms with Gasteiger partial charge in [-0.15, -0.1) is 0 Å². The zero-order chi connectivity index (χ0) is 13.1. The topological polar surface area (TPSA) is 47.3 Å². The summed E-state index contributed by atoms with van der Waals surface area (Å²) in [6.07, 6.45) is 1.07. The van der Waals surface area contributed by atoms with Crippen molar-refractivity contribution < 1.29 is 9.84 Å². The first-order chi connectivity index (χ1) is 8.65. The summed E-state index contributed by atoms with van der Waals surface area (Å²) in [4.78, 5) is 4.45. The van der Waals surface area contributed by atoms with E-state index in [1.807, 2.05) is 18.2 Å². The van der Waals surface area contributed by atoms with Gasteiger partial charge in [0.25, 0.3) is 0 Å². The molecule has 0 aliphatic heterocycles. The molecule has 4 heteroatoms. The minimum absolute atomic E-state index is 0.0326. The van der Waals surface area contributed by atoms with Gasteiger partial charge in [-0.05, 0) is 24.5 Å². The van der Waals surface area contributed by atoms with Gasteiger partial charge in [-0.3, -0.25) is 0 Å². The average Bonchev–Trinajstić information content (AvgIpc) is 2.72. The van der Waals surface area contributed by atoms with Crippen LogP contribution in [-0.4, -0.2) is 21.8 Å². The van der Waals surface area contributed by atoms with E-state index in [0.717, 1.165) is 35.6 Å². The highest BCUT2D eigenvalue weighted by Crippen LogP contribution is 2.22. The fourth-order valence-corrected chi connectivity index (χ4v) is 2.04. The number of benzene rings is 1. The van der Waals surface area contributed by atoms with Crippen molar-refractivity contribution in [1.29, 1.82) is 0 Å². The third-order valence-electron chi connectivity index (χ3n) is 3.11. The van der Waals surface area contributed by atoms with Crippen molar-refractivity contribution >= 4 is 11.0 Å². The van der Waals surface area contributed by atoms with Crippen molar-refractivity contribution in [2.75, 3.05) is 7.11 Å². The summed E-state index contributed by atoms with van der Waals surface area (Å²) in [7, 11) is 1.64. The Kier molecular flexibility index (Phi) is 3.87. The first-order valence-electron chi connectivity index (χ1n) is 6.29. The summed E-state index contributed by atoms with van der Waals surface area (Å²) in [5.41, 5.74) is 1.93. The van der Waals surface area contributed by atoms with Crippen LogP contribution in [0.25, 0.3) is 11.0 Å². The van der Waals surface area contributed by atoms with Crippen LogP contribution in [0, 0.1) is 5.92 Å². The normalized spacial score (nSPS) is 11.4. The number of methoxy groups -OCH3 is 1. The molecule has 1 N–H and O–H groups in total. The zero-order valence-electron chi connectivity index (χ0n) is 11.2. The standard InChI is InChI=1S/C14H20N2O2/c1-10(2)6-7-16-13-5-4-11(18-3)8-12(13)15-14(16)9-17/h4-5,8,10,17H,6-7,9H2,1-3H3. The molecule has 0 aliphatic carbocycles. The first kappa shape index (κ1) is 12.9. The molecule has 0 atom stereocenters. The summed E-state index contributed by atoms with van der Waals surface area (Å²) in [6.45, 7) is 5.24. The van der Waals surface area contributed by atoms with Crippen LogP contribution in [0.15, 0.2) is 18.2 Å². The Hall–Kier alpha value is -1.55. The van der Waals surface area contributed by atoms with E-state index in [4.69, 9.17) is 4.74 Å². The Labute approximate surface area is 107 Å². The van der Waals surface area contributed by atoms with Crippen molar-refractivity contribution in [3.8, 4) is 5.75 Å². The number of hydrogen-bond acceptors (Lipinski definition) is 3. The minimum atomic E-state index is -0.0326. The van der Waals surface area contributed by atoms with E-state index in [1.54, 1.807) is 7.11 Å². The first-order valence-corrected chi connectivity index (χ1v) is 6.29. The number of ether oxygens (including phenoxy) is 1. The van der Waals surface area contributed by atoms with Gasteiger partial charge in [0.1, 0.15) is 18.2 Å². The van der Waals surface area contributed by atoms with Gasteiger partial charge in [-0.1, -0.05) is 13.8 Å². The predicted molar refractivity (Wildman–Crippen MR) is 71.7 cm³/mol. The van der Waals surface area contributed by atoms with Gasteiger partial charge in [0.15, 0.2) is 0 Å². The molecule has 0 aliphatic rings. The van der Waals surface area contributed by atoms with Crippen molar-refractivity contribution in [3.05, 3.63) is 24.0 Å². The molecule has 0 radical (unpaired) electrons. The van der Waals surface area contributed by atoms with Gasteiger partial charge in [-0.2, -0.15) is 0 Å². The highest BCUT2D eigenvalue weighted by molar-refractivity contribution is 5.77. The van der Waals surface area contributed by atoms with Crippen LogP contribution in [0.5, 0.6) is 5.75 Å². The number of hydrogen-bond donors (Lipinski definition) is 1. The van der Waals surface area contributed by atoms with Crippen LogP contribution in [0.3, 0.4) is 0 Å². The second-order valence-corrected chi connectivity index (χ2v) is 4.87. The smallest absolute Gasteiger partial charge is 0.135 e. The van der Waals surface area contributed by atoms with E-state index in [1.165, 1.54) is 0 Å². The van der Waals surface area contributed by atoms with Gasteiger partial charge in [-0.25, -0.2) is 4.98 Å². The molecule has 0 bridgehead atoms. The van der Waals surface area contributed by atoms with E-state index < -0.39 is 0 Å². The van der Waals surface area contributed by atoms with Crippen LogP contribution in [0.1, 0.15) is 26.1 Å². The van der Waals surface area contributed by atoms with E-state index in [-0.39, 0.29) is 6.61 Å². The number of aromatic nitrogens is 2. The van der Waals surface area contributed by atoms with Crippen molar-refractivity contribution in [3.63, 3.8) is 0 Å². The molecular formula is C14H20N2O2. The Bertz CT molecular complexity index is 532. The summed E-state index contributed by atoms with van der Waals surface area (Å²) in [5, 5.41) is 9.40. The Morgan fingerprint density at radius 3 is 2.78 bits per heavy atom. The van der Waals surface area contributed by atoms with Crippen molar-refractivity contribution in [2.45, 2.75) is 33.4 Å². The van der Waals surface area contributed by atoms with Crippen LogP contribution in [0.2, 0.25) is 0 Å². The monoisotopic (exact) mass is 248 g/mol. The number of aliphatic hydroxyl groups is 1. The molecule has 0 fully saturated rings. The SMILES string of the molecule is COc1ccc2c(c1)nc(CO)n2CCC(C)C. The quantitative estimate of drug-likeness (QED) is 0.884. The van der Waals surface area contributed by atoms with Gasteiger partial charge in [0.2, 0.25) is 0 Å². The second-order valence-electron chi connectivity index (χ2n) is 4.87. The number of rotatable bonds is 5. The maximum absolute atomic E-state index is 9.40. The Balaban J connectivity index is 2.42. The summed E-state index contributed by atoms with van der Waals surface area (Å²) >= 11 is 0. The third-order valence-corrected chi connectivity index (χ3v) is 3.11. The van der Waals surface area contributed by atoms with Crippen LogP contribution in [0.4, 0.5) is 0 Å². The molecule has 1 aromatic carbocycles. The molecule has 0 unspecified atom stereocenters. The average molecular weight is 248 g/mol. The maximum atomic E-state index is 9.40. The molecular weight excluding hydrogens is 228 g/mol. The number of imidazole rings is 1. The molecule has 0 saturated carbocycles. The molecule has 2 rings (SSSR count). The van der Waals surface area contributed by atoms with Gasteiger partial charge >= 0.3 is 0 Å². The molecule has 0 spiro atoms. The molecule has 4 nitrogen and oxygen atoms in total. The lowest BCUT2D eigenvalue weighted by atomic mass is 10.1. The highest BCUT2D eigenvalue weighted by Gasteiger charge is 2.11. The largest absolute Gasteiger partial charge is 0.497 e. The van der Waals surface area contributed by atoms with E-state index in [2.05, 4.69) is 23.4 Å². The minimum Gasteiger partial charge on any atom is -0.497 e. The molecule has 0 amide bonds. The lowest BCUT2D eigenvalue weighted by molar-refractivity contribution is 0.264. The number of aryl methyl sites for hydroxylation is 1. The molecule has 0 saturated heterocycles. The van der Waals surface area contributed by atoms with E-state index in [0.29, 0.717) is 5.92 Å². The summed E-state index contributed by atoms with van der Waals surface area (Å²) in [5.74, 6) is 2.15.